The average Bonchev–Trinajstić information content (AvgIpc) is 2.81. The summed E-state index contributed by atoms with van der Waals surface area (Å²) in [5, 5.41) is 8.92. The monoisotopic (exact) mass is 216 g/mol. The van der Waals surface area contributed by atoms with Gasteiger partial charge in [0.2, 0.25) is 0 Å². The minimum atomic E-state index is 0.441. The molecule has 0 aliphatic heterocycles. The molecule has 2 heterocycles. The van der Waals surface area contributed by atoms with E-state index in [0.29, 0.717) is 5.69 Å². The van der Waals surface area contributed by atoms with E-state index in [2.05, 4.69) is 11.1 Å². The van der Waals surface area contributed by atoms with Gasteiger partial charge in [0.15, 0.2) is 5.69 Å². The van der Waals surface area contributed by atoms with Crippen LogP contribution in [-0.4, -0.2) is 11.2 Å². The minimum absolute atomic E-state index is 0.441. The topological polar surface area (TPSA) is 49.8 Å². The number of thioether (sulfide) groups is 1. The Morgan fingerprint density at radius 2 is 2.33 bits per heavy atom. The lowest BCUT2D eigenvalue weighted by Crippen LogP contribution is -1.89. The first-order chi connectivity index (χ1) is 7.36. The van der Waals surface area contributed by atoms with Gasteiger partial charge >= 0.3 is 0 Å². The highest BCUT2D eigenvalue weighted by Crippen LogP contribution is 2.31. The first-order valence-electron chi connectivity index (χ1n) is 4.33. The molecule has 74 valence electrons. The summed E-state index contributed by atoms with van der Waals surface area (Å²) in [5.74, 6) is 0.762. The molecule has 0 saturated carbocycles. The van der Waals surface area contributed by atoms with E-state index in [1.54, 1.807) is 12.5 Å². The van der Waals surface area contributed by atoms with Crippen molar-refractivity contribution >= 4 is 11.8 Å². The molecule has 0 aliphatic rings. The summed E-state index contributed by atoms with van der Waals surface area (Å²) >= 11 is 1.50. The van der Waals surface area contributed by atoms with Crippen LogP contribution in [0.3, 0.4) is 0 Å². The number of nitrogens with zero attached hydrogens (tertiary/aromatic N) is 2. The SMILES string of the molecule is CSc1c(-c2ccco2)ccnc1C#N. The highest BCUT2D eigenvalue weighted by molar-refractivity contribution is 7.98. The van der Waals surface area contributed by atoms with Crippen LogP contribution in [0.5, 0.6) is 0 Å². The summed E-state index contributed by atoms with van der Waals surface area (Å²) in [7, 11) is 0. The maximum atomic E-state index is 8.92. The van der Waals surface area contributed by atoms with Gasteiger partial charge in [-0.1, -0.05) is 0 Å². The lowest BCUT2D eigenvalue weighted by atomic mass is 10.2. The van der Waals surface area contributed by atoms with Crippen LogP contribution in [0.1, 0.15) is 5.69 Å². The zero-order valence-corrected chi connectivity index (χ0v) is 8.91. The first-order valence-corrected chi connectivity index (χ1v) is 5.56. The van der Waals surface area contributed by atoms with Crippen LogP contribution < -0.4 is 0 Å². The maximum Gasteiger partial charge on any atom is 0.154 e. The second-order valence-electron chi connectivity index (χ2n) is 2.83. The lowest BCUT2D eigenvalue weighted by Gasteiger charge is -2.04. The Hall–Kier alpha value is -1.73. The normalized spacial score (nSPS) is 9.87. The van der Waals surface area contributed by atoms with Crippen LogP contribution in [-0.2, 0) is 0 Å². The molecule has 0 fully saturated rings. The van der Waals surface area contributed by atoms with Gasteiger partial charge in [0.25, 0.3) is 0 Å². The van der Waals surface area contributed by atoms with Crippen molar-refractivity contribution in [3.63, 3.8) is 0 Å². The summed E-state index contributed by atoms with van der Waals surface area (Å²) in [6.07, 6.45) is 5.16. The van der Waals surface area contributed by atoms with Gasteiger partial charge in [0.1, 0.15) is 11.8 Å². The van der Waals surface area contributed by atoms with E-state index >= 15 is 0 Å². The zero-order valence-electron chi connectivity index (χ0n) is 8.10. The first kappa shape index (κ1) is 9.81. The number of furan rings is 1. The van der Waals surface area contributed by atoms with E-state index in [-0.39, 0.29) is 0 Å². The molecule has 0 amide bonds. The van der Waals surface area contributed by atoms with Gasteiger partial charge in [0.05, 0.1) is 11.2 Å². The van der Waals surface area contributed by atoms with Gasteiger partial charge in [-0.15, -0.1) is 11.8 Å². The van der Waals surface area contributed by atoms with Crippen LogP contribution in [0.25, 0.3) is 11.3 Å². The molecule has 2 rings (SSSR count). The van der Waals surface area contributed by atoms with Crippen LogP contribution in [0.2, 0.25) is 0 Å². The Morgan fingerprint density at radius 1 is 1.47 bits per heavy atom. The number of hydrogen-bond donors (Lipinski definition) is 0. The van der Waals surface area contributed by atoms with Crippen molar-refractivity contribution in [1.29, 1.82) is 5.26 Å². The fraction of sp³-hybridized carbons (Fsp3) is 0.0909. The van der Waals surface area contributed by atoms with Crippen molar-refractivity contribution in [2.24, 2.45) is 0 Å². The average molecular weight is 216 g/mol. The smallest absolute Gasteiger partial charge is 0.154 e. The van der Waals surface area contributed by atoms with E-state index < -0.39 is 0 Å². The lowest BCUT2D eigenvalue weighted by molar-refractivity contribution is 0.581. The van der Waals surface area contributed by atoms with Crippen molar-refractivity contribution in [1.82, 2.24) is 4.98 Å². The molecule has 0 aliphatic carbocycles. The van der Waals surface area contributed by atoms with Gasteiger partial charge in [-0.3, -0.25) is 0 Å². The predicted molar refractivity (Wildman–Crippen MR) is 58.4 cm³/mol. The molecule has 4 heteroatoms. The highest BCUT2D eigenvalue weighted by Gasteiger charge is 2.11. The number of rotatable bonds is 2. The van der Waals surface area contributed by atoms with Gasteiger partial charge in [-0.25, -0.2) is 4.98 Å². The number of nitriles is 1. The summed E-state index contributed by atoms with van der Waals surface area (Å²) < 4.78 is 5.31. The van der Waals surface area contributed by atoms with E-state index in [9.17, 15) is 0 Å². The predicted octanol–water partition coefficient (Wildman–Crippen LogP) is 2.94. The third-order valence-corrected chi connectivity index (χ3v) is 2.82. The van der Waals surface area contributed by atoms with Crippen molar-refractivity contribution in [3.8, 4) is 17.4 Å². The van der Waals surface area contributed by atoms with E-state index in [1.165, 1.54) is 11.8 Å². The molecule has 0 radical (unpaired) electrons. The molecule has 0 N–H and O–H groups in total. The number of hydrogen-bond acceptors (Lipinski definition) is 4. The third-order valence-electron chi connectivity index (χ3n) is 2.00. The van der Waals surface area contributed by atoms with Crippen molar-refractivity contribution in [2.45, 2.75) is 4.90 Å². The van der Waals surface area contributed by atoms with E-state index in [1.807, 2.05) is 24.5 Å². The van der Waals surface area contributed by atoms with E-state index in [4.69, 9.17) is 9.68 Å². The maximum absolute atomic E-state index is 8.92. The molecular weight excluding hydrogens is 208 g/mol. The summed E-state index contributed by atoms with van der Waals surface area (Å²) in [6, 6.07) is 7.62. The molecule has 0 saturated heterocycles. The van der Waals surface area contributed by atoms with Gasteiger partial charge in [0, 0.05) is 11.8 Å². The Balaban J connectivity index is 2.63. The molecule has 2 aromatic rings. The fourth-order valence-electron chi connectivity index (χ4n) is 1.36. The molecule has 0 spiro atoms. The quantitative estimate of drug-likeness (QED) is 0.724. The molecule has 2 aromatic heterocycles. The van der Waals surface area contributed by atoms with Crippen LogP contribution in [0.15, 0.2) is 40.0 Å². The molecule has 0 atom stereocenters. The standard InChI is InChI=1S/C11H8N2OS/c1-15-11-8(10-3-2-6-14-10)4-5-13-9(11)7-12/h2-6H,1H3. The Labute approximate surface area is 91.7 Å². The van der Waals surface area contributed by atoms with Crippen LogP contribution in [0.4, 0.5) is 0 Å². The second-order valence-corrected chi connectivity index (χ2v) is 3.65. The molecule has 3 nitrogen and oxygen atoms in total. The summed E-state index contributed by atoms with van der Waals surface area (Å²) in [6.45, 7) is 0. The molecular formula is C11H8N2OS. The van der Waals surface area contributed by atoms with Crippen molar-refractivity contribution < 1.29 is 4.42 Å². The van der Waals surface area contributed by atoms with Gasteiger partial charge < -0.3 is 4.42 Å². The molecule has 0 unspecified atom stereocenters. The van der Waals surface area contributed by atoms with Crippen molar-refractivity contribution in [3.05, 3.63) is 36.4 Å². The molecule has 0 bridgehead atoms. The Bertz CT molecular complexity index is 500. The van der Waals surface area contributed by atoms with Crippen LogP contribution >= 0.6 is 11.8 Å². The molecule has 0 aromatic carbocycles. The minimum Gasteiger partial charge on any atom is -0.464 e. The van der Waals surface area contributed by atoms with Gasteiger partial charge in [-0.05, 0) is 24.5 Å². The fourth-order valence-corrected chi connectivity index (χ4v) is 2.04. The second kappa shape index (κ2) is 4.20. The van der Waals surface area contributed by atoms with Crippen molar-refractivity contribution in [2.75, 3.05) is 6.26 Å². The third kappa shape index (κ3) is 1.74. The molecule has 15 heavy (non-hydrogen) atoms. The number of aromatic nitrogens is 1. The summed E-state index contributed by atoms with van der Waals surface area (Å²) in [4.78, 5) is 4.87. The van der Waals surface area contributed by atoms with Crippen LogP contribution in [0, 0.1) is 11.3 Å². The van der Waals surface area contributed by atoms with Gasteiger partial charge in [-0.2, -0.15) is 5.26 Å². The highest BCUT2D eigenvalue weighted by atomic mass is 32.2. The summed E-state index contributed by atoms with van der Waals surface area (Å²) in [5.41, 5.74) is 1.36. The largest absolute Gasteiger partial charge is 0.464 e. The Morgan fingerprint density at radius 3 is 2.93 bits per heavy atom. The van der Waals surface area contributed by atoms with E-state index in [0.717, 1.165) is 16.2 Å². The Kier molecular flexibility index (Phi) is 2.75. The number of pyridine rings is 1. The zero-order chi connectivity index (χ0) is 10.7.